The van der Waals surface area contributed by atoms with E-state index < -0.39 is 12.1 Å². The molecule has 120 valence electrons. The summed E-state index contributed by atoms with van der Waals surface area (Å²) in [6, 6.07) is 7.44. The van der Waals surface area contributed by atoms with Crippen molar-refractivity contribution in [3.63, 3.8) is 0 Å². The molecular formula is C16H21NO5. The summed E-state index contributed by atoms with van der Waals surface area (Å²) in [6.07, 6.45) is -0.200. The highest BCUT2D eigenvalue weighted by atomic mass is 16.5. The highest BCUT2D eigenvalue weighted by Crippen LogP contribution is 2.15. The minimum atomic E-state index is -0.911. The molecule has 1 aliphatic rings. The summed E-state index contributed by atoms with van der Waals surface area (Å²) < 4.78 is 10.7. The third-order valence-electron chi connectivity index (χ3n) is 3.48. The maximum absolute atomic E-state index is 12.3. The monoisotopic (exact) mass is 307 g/mol. The number of aliphatic carboxylic acids is 1. The van der Waals surface area contributed by atoms with Crippen LogP contribution in [0.5, 0.6) is 5.75 Å². The Bertz CT molecular complexity index is 514. The molecule has 0 radical (unpaired) electrons. The van der Waals surface area contributed by atoms with Crippen LogP contribution in [0.15, 0.2) is 24.3 Å². The molecule has 1 atom stereocenters. The molecule has 1 fully saturated rings. The van der Waals surface area contributed by atoms with Gasteiger partial charge < -0.3 is 19.5 Å². The van der Waals surface area contributed by atoms with Gasteiger partial charge in [-0.05, 0) is 24.6 Å². The van der Waals surface area contributed by atoms with Crippen molar-refractivity contribution < 1.29 is 24.2 Å². The first-order valence-electron chi connectivity index (χ1n) is 7.41. The van der Waals surface area contributed by atoms with Gasteiger partial charge in [-0.15, -0.1) is 0 Å². The first-order chi connectivity index (χ1) is 10.6. The van der Waals surface area contributed by atoms with E-state index in [1.807, 2.05) is 31.2 Å². The van der Waals surface area contributed by atoms with Gasteiger partial charge in [0.15, 0.2) is 0 Å². The molecule has 0 spiro atoms. The van der Waals surface area contributed by atoms with Crippen LogP contribution in [0.25, 0.3) is 0 Å². The lowest BCUT2D eigenvalue weighted by Crippen LogP contribution is -2.46. The van der Waals surface area contributed by atoms with Crippen LogP contribution in [-0.2, 0) is 20.7 Å². The number of rotatable bonds is 6. The number of carbonyl (C=O) groups is 2. The summed E-state index contributed by atoms with van der Waals surface area (Å²) in [5, 5.41) is 8.80. The highest BCUT2D eigenvalue weighted by molar-refractivity contribution is 5.79. The van der Waals surface area contributed by atoms with Crippen molar-refractivity contribution in [2.45, 2.75) is 25.9 Å². The van der Waals surface area contributed by atoms with Gasteiger partial charge >= 0.3 is 5.97 Å². The molecule has 0 bridgehead atoms. The van der Waals surface area contributed by atoms with E-state index >= 15 is 0 Å². The second-order valence-electron chi connectivity index (χ2n) is 5.18. The molecule has 2 rings (SSSR count). The Balaban J connectivity index is 1.89. The molecule has 0 aliphatic carbocycles. The molecule has 0 saturated carbocycles. The normalized spacial score (nSPS) is 18.0. The Morgan fingerprint density at radius 3 is 2.73 bits per heavy atom. The zero-order valence-corrected chi connectivity index (χ0v) is 12.7. The first kappa shape index (κ1) is 16.3. The van der Waals surface area contributed by atoms with Crippen LogP contribution in [0.2, 0.25) is 0 Å². The van der Waals surface area contributed by atoms with Gasteiger partial charge in [-0.1, -0.05) is 12.1 Å². The number of carbonyl (C=O) groups excluding carboxylic acids is 1. The standard InChI is InChI=1S/C16H21NO5/c1-2-21-13-5-3-12(4-6-13)9-15(18)17-7-8-22-14(11-17)10-16(19)20/h3-6,14H,2,7-11H2,1H3,(H,19,20)/t14-/m1/s1. The molecule has 1 saturated heterocycles. The number of hydrogen-bond donors (Lipinski definition) is 1. The second kappa shape index (κ2) is 7.79. The van der Waals surface area contributed by atoms with Crippen LogP contribution in [0.3, 0.4) is 0 Å². The minimum Gasteiger partial charge on any atom is -0.494 e. The van der Waals surface area contributed by atoms with Crippen molar-refractivity contribution in [2.24, 2.45) is 0 Å². The molecule has 1 aromatic carbocycles. The Morgan fingerprint density at radius 2 is 2.09 bits per heavy atom. The maximum atomic E-state index is 12.3. The van der Waals surface area contributed by atoms with Crippen molar-refractivity contribution in [1.29, 1.82) is 0 Å². The largest absolute Gasteiger partial charge is 0.494 e. The van der Waals surface area contributed by atoms with Gasteiger partial charge in [-0.2, -0.15) is 0 Å². The van der Waals surface area contributed by atoms with Crippen molar-refractivity contribution in [3.8, 4) is 5.75 Å². The molecule has 22 heavy (non-hydrogen) atoms. The highest BCUT2D eigenvalue weighted by Gasteiger charge is 2.25. The van der Waals surface area contributed by atoms with Gasteiger partial charge in [0.1, 0.15) is 5.75 Å². The smallest absolute Gasteiger partial charge is 0.306 e. The summed E-state index contributed by atoms with van der Waals surface area (Å²) in [6.45, 7) is 3.75. The van der Waals surface area contributed by atoms with Crippen LogP contribution in [-0.4, -0.2) is 54.3 Å². The van der Waals surface area contributed by atoms with E-state index in [9.17, 15) is 9.59 Å². The molecule has 1 N–H and O–H groups in total. The lowest BCUT2D eigenvalue weighted by atomic mass is 10.1. The minimum absolute atomic E-state index is 0.0113. The van der Waals surface area contributed by atoms with Crippen LogP contribution in [0.1, 0.15) is 18.9 Å². The van der Waals surface area contributed by atoms with Gasteiger partial charge in [-0.25, -0.2) is 0 Å². The summed E-state index contributed by atoms with van der Waals surface area (Å²) in [7, 11) is 0. The maximum Gasteiger partial charge on any atom is 0.306 e. The van der Waals surface area contributed by atoms with Gasteiger partial charge in [0, 0.05) is 13.1 Å². The number of ether oxygens (including phenoxy) is 2. The van der Waals surface area contributed by atoms with E-state index in [0.717, 1.165) is 11.3 Å². The van der Waals surface area contributed by atoms with Gasteiger partial charge in [0.2, 0.25) is 5.91 Å². The third-order valence-corrected chi connectivity index (χ3v) is 3.48. The predicted octanol–water partition coefficient (Wildman–Crippen LogP) is 1.33. The predicted molar refractivity (Wildman–Crippen MR) is 79.9 cm³/mol. The third kappa shape index (κ3) is 4.73. The molecule has 6 heteroatoms. The molecule has 1 aliphatic heterocycles. The van der Waals surface area contributed by atoms with Gasteiger partial charge in [0.25, 0.3) is 0 Å². The molecule has 0 unspecified atom stereocenters. The molecule has 6 nitrogen and oxygen atoms in total. The van der Waals surface area contributed by atoms with E-state index in [-0.39, 0.29) is 12.3 Å². The Morgan fingerprint density at radius 1 is 1.36 bits per heavy atom. The lowest BCUT2D eigenvalue weighted by Gasteiger charge is -2.32. The number of amides is 1. The average molecular weight is 307 g/mol. The second-order valence-corrected chi connectivity index (χ2v) is 5.18. The summed E-state index contributed by atoms with van der Waals surface area (Å²) in [5.41, 5.74) is 0.912. The average Bonchev–Trinajstić information content (AvgIpc) is 2.49. The molecule has 1 heterocycles. The van der Waals surface area contributed by atoms with Crippen molar-refractivity contribution in [3.05, 3.63) is 29.8 Å². The van der Waals surface area contributed by atoms with Crippen molar-refractivity contribution in [2.75, 3.05) is 26.3 Å². The summed E-state index contributed by atoms with van der Waals surface area (Å²) in [4.78, 5) is 24.7. The SMILES string of the molecule is CCOc1ccc(CC(=O)N2CCO[C@H](CC(=O)O)C2)cc1. The Kier molecular flexibility index (Phi) is 5.77. The number of benzene rings is 1. The van der Waals surface area contributed by atoms with E-state index in [2.05, 4.69) is 0 Å². The van der Waals surface area contributed by atoms with Crippen LogP contribution in [0, 0.1) is 0 Å². The Labute approximate surface area is 129 Å². The quantitative estimate of drug-likeness (QED) is 0.858. The fraction of sp³-hybridized carbons (Fsp3) is 0.500. The zero-order chi connectivity index (χ0) is 15.9. The topological polar surface area (TPSA) is 76.1 Å². The van der Waals surface area contributed by atoms with Gasteiger partial charge in [0.05, 0.1) is 32.2 Å². The fourth-order valence-corrected chi connectivity index (χ4v) is 2.42. The molecule has 0 aromatic heterocycles. The Hall–Kier alpha value is -2.08. The van der Waals surface area contributed by atoms with Crippen LogP contribution in [0.4, 0.5) is 0 Å². The van der Waals surface area contributed by atoms with E-state index in [1.54, 1.807) is 4.90 Å². The first-order valence-corrected chi connectivity index (χ1v) is 7.41. The van der Waals surface area contributed by atoms with Gasteiger partial charge in [-0.3, -0.25) is 9.59 Å². The fourth-order valence-electron chi connectivity index (χ4n) is 2.42. The van der Waals surface area contributed by atoms with Crippen LogP contribution >= 0.6 is 0 Å². The van der Waals surface area contributed by atoms with Crippen LogP contribution < -0.4 is 4.74 Å². The summed E-state index contributed by atoms with van der Waals surface area (Å²) >= 11 is 0. The number of nitrogens with zero attached hydrogens (tertiary/aromatic N) is 1. The molecule has 1 amide bonds. The number of hydrogen-bond acceptors (Lipinski definition) is 4. The zero-order valence-electron chi connectivity index (χ0n) is 12.7. The summed E-state index contributed by atoms with van der Waals surface area (Å²) in [5.74, 6) is -0.139. The lowest BCUT2D eigenvalue weighted by molar-refractivity contribution is -0.147. The van der Waals surface area contributed by atoms with E-state index in [0.29, 0.717) is 32.7 Å². The number of carboxylic acids is 1. The van der Waals surface area contributed by atoms with E-state index in [4.69, 9.17) is 14.6 Å². The number of morpholine rings is 1. The molecular weight excluding hydrogens is 286 g/mol. The van der Waals surface area contributed by atoms with Crippen molar-refractivity contribution >= 4 is 11.9 Å². The van der Waals surface area contributed by atoms with E-state index in [1.165, 1.54) is 0 Å². The van der Waals surface area contributed by atoms with Crippen molar-refractivity contribution in [1.82, 2.24) is 4.90 Å². The number of carboxylic acid groups (broad SMARTS) is 1. The molecule has 1 aromatic rings.